The average molecular weight is 496 g/mol. The van der Waals surface area contributed by atoms with Crippen LogP contribution in [0.4, 0.5) is 0 Å². The molecule has 3 aromatic heterocycles. The van der Waals surface area contributed by atoms with Gasteiger partial charge in [-0.25, -0.2) is 0 Å². The maximum atomic E-state index is 4.40. The molecule has 0 fully saturated rings. The first-order valence-corrected chi connectivity index (χ1v) is 14.0. The van der Waals surface area contributed by atoms with Crippen LogP contribution in [-0.2, 0) is 0 Å². The molecule has 0 spiro atoms. The van der Waals surface area contributed by atoms with Gasteiger partial charge in [0.15, 0.2) is 0 Å². The molecule has 0 unspecified atom stereocenters. The van der Waals surface area contributed by atoms with E-state index in [-0.39, 0.29) is 0 Å². The van der Waals surface area contributed by atoms with Crippen molar-refractivity contribution in [2.45, 2.75) is 119 Å². The van der Waals surface area contributed by atoms with E-state index in [4.69, 9.17) is 0 Å². The predicted octanol–water partition coefficient (Wildman–Crippen LogP) is 10.0. The predicted molar refractivity (Wildman–Crippen MR) is 155 cm³/mol. The van der Waals surface area contributed by atoms with E-state index in [1.165, 1.54) is 21.0 Å². The van der Waals surface area contributed by atoms with Crippen LogP contribution >= 0.6 is 11.3 Å². The van der Waals surface area contributed by atoms with E-state index in [1.54, 1.807) is 0 Å². The molecule has 0 bridgehead atoms. The van der Waals surface area contributed by atoms with Crippen LogP contribution in [0.2, 0.25) is 0 Å². The van der Waals surface area contributed by atoms with Crippen molar-refractivity contribution < 1.29 is 0 Å². The second kappa shape index (κ2) is 15.1. The minimum atomic E-state index is 0.471. The lowest BCUT2D eigenvalue weighted by Crippen LogP contribution is -1.99. The van der Waals surface area contributed by atoms with Crippen LogP contribution in [0.15, 0.2) is 42.6 Å². The number of nitrogens with zero attached hydrogens (tertiary/aromatic N) is 3. The molecule has 0 radical (unpaired) electrons. The second-order valence-corrected chi connectivity index (χ2v) is 12.2. The molecule has 4 heteroatoms. The number of aromatic nitrogens is 3. The van der Waals surface area contributed by atoms with Gasteiger partial charge < -0.3 is 0 Å². The Morgan fingerprint density at radius 1 is 0.457 bits per heavy atom. The SMILES string of the molecule is CC(C)c1ccc(C(C)C)nc1.CC(C)c1ccc(C(C)C)nn1.CC(C)c1ccc(C(C)C)s1. The molecule has 3 heterocycles. The molecule has 0 aliphatic heterocycles. The molecule has 35 heavy (non-hydrogen) atoms. The minimum absolute atomic E-state index is 0.471. The highest BCUT2D eigenvalue weighted by atomic mass is 32.1. The van der Waals surface area contributed by atoms with Gasteiger partial charge in [0.25, 0.3) is 0 Å². The molecule has 0 aromatic carbocycles. The van der Waals surface area contributed by atoms with Gasteiger partial charge in [0.05, 0.1) is 11.4 Å². The molecule has 3 rings (SSSR count). The third kappa shape index (κ3) is 11.0. The lowest BCUT2D eigenvalue weighted by atomic mass is 10.0. The summed E-state index contributed by atoms with van der Waals surface area (Å²) in [6.07, 6.45) is 1.99. The van der Waals surface area contributed by atoms with E-state index in [2.05, 4.69) is 135 Å². The van der Waals surface area contributed by atoms with Crippen molar-refractivity contribution in [1.82, 2.24) is 15.2 Å². The summed E-state index contributed by atoms with van der Waals surface area (Å²) in [7, 11) is 0. The summed E-state index contributed by atoms with van der Waals surface area (Å²) >= 11 is 1.95. The van der Waals surface area contributed by atoms with E-state index < -0.39 is 0 Å². The van der Waals surface area contributed by atoms with Crippen molar-refractivity contribution in [2.24, 2.45) is 0 Å². The van der Waals surface area contributed by atoms with Gasteiger partial charge in [-0.3, -0.25) is 4.98 Å². The smallest absolute Gasteiger partial charge is 0.0656 e. The molecule has 3 aromatic rings. The van der Waals surface area contributed by atoms with Crippen molar-refractivity contribution in [3.05, 3.63) is 75.0 Å². The normalized spacial score (nSPS) is 11.3. The number of rotatable bonds is 6. The largest absolute Gasteiger partial charge is 0.261 e. The summed E-state index contributed by atoms with van der Waals surface area (Å²) in [5.41, 5.74) is 4.64. The van der Waals surface area contributed by atoms with Gasteiger partial charge in [0, 0.05) is 21.6 Å². The minimum Gasteiger partial charge on any atom is -0.261 e. The van der Waals surface area contributed by atoms with E-state index >= 15 is 0 Å². The van der Waals surface area contributed by atoms with Crippen molar-refractivity contribution in [1.29, 1.82) is 0 Å². The monoisotopic (exact) mass is 495 g/mol. The Morgan fingerprint density at radius 2 is 0.857 bits per heavy atom. The first-order valence-electron chi connectivity index (χ1n) is 13.2. The van der Waals surface area contributed by atoms with Crippen LogP contribution in [0, 0.1) is 0 Å². The molecule has 0 aliphatic rings. The van der Waals surface area contributed by atoms with Crippen LogP contribution in [0.25, 0.3) is 0 Å². The zero-order valence-electron chi connectivity index (χ0n) is 24.3. The highest BCUT2D eigenvalue weighted by molar-refractivity contribution is 7.12. The zero-order valence-corrected chi connectivity index (χ0v) is 25.1. The van der Waals surface area contributed by atoms with Crippen molar-refractivity contribution in [2.75, 3.05) is 0 Å². The Kier molecular flexibility index (Phi) is 13.4. The molecular weight excluding hydrogens is 446 g/mol. The molecular formula is C31H49N3S. The Hall–Kier alpha value is -2.07. The van der Waals surface area contributed by atoms with E-state index in [0.717, 1.165) is 11.4 Å². The standard InChI is InChI=1S/C11H17N.C10H16N2.C10H16S/c1-8(2)10-5-6-11(9(3)4)12-7-10;1-7(2)9-5-6-10(8(3)4)12-11-9;1-7(2)9-5-6-10(11-9)8(3)4/h5-9H,1-4H3;5-8H,1-4H3;5-8H,1-4H3. The van der Waals surface area contributed by atoms with Crippen LogP contribution < -0.4 is 0 Å². The molecule has 0 saturated carbocycles. The van der Waals surface area contributed by atoms with E-state index in [0.29, 0.717) is 35.5 Å². The maximum absolute atomic E-state index is 4.40. The van der Waals surface area contributed by atoms with Gasteiger partial charge in [-0.2, -0.15) is 10.2 Å². The summed E-state index contributed by atoms with van der Waals surface area (Å²) in [5.74, 6) is 3.43. The van der Waals surface area contributed by atoms with Crippen LogP contribution in [0.1, 0.15) is 151 Å². The number of hydrogen-bond donors (Lipinski definition) is 0. The molecule has 0 atom stereocenters. The summed E-state index contributed by atoms with van der Waals surface area (Å²) in [5, 5.41) is 8.30. The van der Waals surface area contributed by atoms with Gasteiger partial charge in [0.2, 0.25) is 0 Å². The third-order valence-electron chi connectivity index (χ3n) is 5.74. The number of hydrogen-bond acceptors (Lipinski definition) is 4. The third-order valence-corrected chi connectivity index (χ3v) is 7.43. The Morgan fingerprint density at radius 3 is 1.09 bits per heavy atom. The van der Waals surface area contributed by atoms with E-state index in [1.807, 2.05) is 17.5 Å². The quantitative estimate of drug-likeness (QED) is 0.341. The van der Waals surface area contributed by atoms with Crippen LogP contribution in [0.3, 0.4) is 0 Å². The molecule has 3 nitrogen and oxygen atoms in total. The molecule has 0 saturated heterocycles. The van der Waals surface area contributed by atoms with Crippen molar-refractivity contribution >= 4 is 11.3 Å². The molecule has 0 N–H and O–H groups in total. The zero-order chi connectivity index (χ0) is 26.7. The average Bonchev–Trinajstić information content (AvgIpc) is 3.31. The Labute approximate surface area is 219 Å². The highest BCUT2D eigenvalue weighted by Gasteiger charge is 2.06. The van der Waals surface area contributed by atoms with Gasteiger partial charge in [-0.05, 0) is 71.4 Å². The molecule has 0 amide bonds. The van der Waals surface area contributed by atoms with Gasteiger partial charge in [0.1, 0.15) is 0 Å². The summed E-state index contributed by atoms with van der Waals surface area (Å²) < 4.78 is 0. The summed E-state index contributed by atoms with van der Waals surface area (Å²) in [6.45, 7) is 26.2. The topological polar surface area (TPSA) is 38.7 Å². The van der Waals surface area contributed by atoms with Gasteiger partial charge >= 0.3 is 0 Å². The van der Waals surface area contributed by atoms with Crippen LogP contribution in [0.5, 0.6) is 0 Å². The van der Waals surface area contributed by atoms with Gasteiger partial charge in [-0.1, -0.05) is 89.2 Å². The molecule has 0 aliphatic carbocycles. The number of pyridine rings is 1. The van der Waals surface area contributed by atoms with Crippen molar-refractivity contribution in [3.8, 4) is 0 Å². The fourth-order valence-corrected chi connectivity index (χ4v) is 4.07. The van der Waals surface area contributed by atoms with Gasteiger partial charge in [-0.15, -0.1) is 11.3 Å². The van der Waals surface area contributed by atoms with Crippen LogP contribution in [-0.4, -0.2) is 15.2 Å². The first-order chi connectivity index (χ1) is 16.3. The Bertz CT molecular complexity index is 818. The lowest BCUT2D eigenvalue weighted by Gasteiger charge is -2.07. The Balaban J connectivity index is 0.000000263. The maximum Gasteiger partial charge on any atom is 0.0656 e. The van der Waals surface area contributed by atoms with Crippen molar-refractivity contribution in [3.63, 3.8) is 0 Å². The highest BCUT2D eigenvalue weighted by Crippen LogP contribution is 2.28. The fraction of sp³-hybridized carbons (Fsp3) is 0.581. The summed E-state index contributed by atoms with van der Waals surface area (Å²) in [4.78, 5) is 7.42. The fourth-order valence-electron chi connectivity index (χ4n) is 3.06. The van der Waals surface area contributed by atoms with E-state index in [9.17, 15) is 0 Å². The molecule has 194 valence electrons. The summed E-state index contributed by atoms with van der Waals surface area (Å²) in [6, 6.07) is 12.9. The second-order valence-electron chi connectivity index (χ2n) is 11.1. The first kappa shape index (κ1) is 31.0. The lowest BCUT2D eigenvalue weighted by molar-refractivity contribution is 0.733. The number of thiophene rings is 1.